The van der Waals surface area contributed by atoms with Crippen LogP contribution in [0.1, 0.15) is 57.0 Å². The first-order valence-electron chi connectivity index (χ1n) is 7.61. The molecule has 1 fully saturated rings. The minimum Gasteiger partial charge on any atom is -0.348 e. The Morgan fingerprint density at radius 2 is 2.05 bits per heavy atom. The van der Waals surface area contributed by atoms with E-state index in [0.29, 0.717) is 12.0 Å². The largest absolute Gasteiger partial charge is 0.348 e. The molecule has 19 heavy (non-hydrogen) atoms. The Kier molecular flexibility index (Phi) is 4.85. The summed E-state index contributed by atoms with van der Waals surface area (Å²) < 4.78 is 0. The van der Waals surface area contributed by atoms with E-state index in [0.717, 1.165) is 19.4 Å². The number of anilines is 1. The van der Waals surface area contributed by atoms with Gasteiger partial charge in [0, 0.05) is 24.5 Å². The third kappa shape index (κ3) is 2.95. The first-order valence-corrected chi connectivity index (χ1v) is 8.43. The first-order chi connectivity index (χ1) is 9.18. The van der Waals surface area contributed by atoms with Crippen molar-refractivity contribution in [2.24, 2.45) is 11.1 Å². The minimum absolute atomic E-state index is 0.513. The predicted molar refractivity (Wildman–Crippen MR) is 83.8 cm³/mol. The number of rotatable bonds is 6. The lowest BCUT2D eigenvalue weighted by Crippen LogP contribution is -2.26. The van der Waals surface area contributed by atoms with Crippen LogP contribution in [-0.2, 0) is 13.0 Å². The van der Waals surface area contributed by atoms with E-state index >= 15 is 0 Å². The smallest absolute Gasteiger partial charge is 0.185 e. The third-order valence-electron chi connectivity index (χ3n) is 4.65. The average Bonchev–Trinajstić information content (AvgIpc) is 3.03. The molecule has 1 aromatic heterocycles. The molecule has 0 aromatic carbocycles. The Balaban J connectivity index is 2.15. The molecule has 0 spiro atoms. The summed E-state index contributed by atoms with van der Waals surface area (Å²) in [5.74, 6) is 0. The molecule has 2 rings (SSSR count). The van der Waals surface area contributed by atoms with E-state index in [-0.39, 0.29) is 0 Å². The van der Waals surface area contributed by atoms with Gasteiger partial charge >= 0.3 is 0 Å². The van der Waals surface area contributed by atoms with Gasteiger partial charge in [0.15, 0.2) is 5.13 Å². The van der Waals surface area contributed by atoms with Gasteiger partial charge in [0.05, 0.1) is 5.69 Å². The highest BCUT2D eigenvalue weighted by Gasteiger charge is 2.36. The van der Waals surface area contributed by atoms with E-state index in [2.05, 4.69) is 25.7 Å². The van der Waals surface area contributed by atoms with Crippen molar-refractivity contribution in [1.29, 1.82) is 0 Å². The Bertz CT molecular complexity index is 410. The maximum atomic E-state index is 5.85. The molecule has 1 aromatic rings. The number of aryl methyl sites for hydroxylation is 1. The van der Waals surface area contributed by atoms with E-state index in [1.807, 2.05) is 11.3 Å². The van der Waals surface area contributed by atoms with E-state index in [9.17, 15) is 0 Å². The van der Waals surface area contributed by atoms with Crippen molar-refractivity contribution in [3.63, 3.8) is 0 Å². The van der Waals surface area contributed by atoms with E-state index in [1.54, 1.807) is 0 Å². The van der Waals surface area contributed by atoms with Gasteiger partial charge in [0.1, 0.15) is 0 Å². The van der Waals surface area contributed by atoms with Crippen LogP contribution in [0, 0.1) is 5.41 Å². The lowest BCUT2D eigenvalue weighted by molar-refractivity contribution is 0.301. The molecule has 108 valence electrons. The molecular formula is C15H27N3S. The highest BCUT2D eigenvalue weighted by atomic mass is 32.1. The van der Waals surface area contributed by atoms with Crippen LogP contribution in [0.3, 0.4) is 0 Å². The second-order valence-electron chi connectivity index (χ2n) is 5.70. The van der Waals surface area contributed by atoms with Gasteiger partial charge in [-0.25, -0.2) is 4.98 Å². The SMILES string of the molecule is CCCc1nc(N2CCC(CC)(CC)C2)sc1CN. The fourth-order valence-corrected chi connectivity index (χ4v) is 4.03. The molecule has 0 aliphatic carbocycles. The third-order valence-corrected chi connectivity index (χ3v) is 5.83. The van der Waals surface area contributed by atoms with Gasteiger partial charge in [0.25, 0.3) is 0 Å². The maximum absolute atomic E-state index is 5.85. The second-order valence-corrected chi connectivity index (χ2v) is 6.76. The Labute approximate surface area is 121 Å². The van der Waals surface area contributed by atoms with Gasteiger partial charge in [-0.1, -0.05) is 27.2 Å². The van der Waals surface area contributed by atoms with Crippen molar-refractivity contribution in [3.05, 3.63) is 10.6 Å². The van der Waals surface area contributed by atoms with Crippen molar-refractivity contribution >= 4 is 16.5 Å². The molecule has 0 atom stereocenters. The summed E-state index contributed by atoms with van der Waals surface area (Å²) in [5, 5.41) is 1.20. The zero-order valence-electron chi connectivity index (χ0n) is 12.5. The normalized spacial score (nSPS) is 18.2. The fraction of sp³-hybridized carbons (Fsp3) is 0.800. The lowest BCUT2D eigenvalue weighted by Gasteiger charge is -2.26. The zero-order chi connectivity index (χ0) is 13.9. The van der Waals surface area contributed by atoms with Gasteiger partial charge in [0.2, 0.25) is 0 Å². The Morgan fingerprint density at radius 3 is 2.58 bits per heavy atom. The van der Waals surface area contributed by atoms with Crippen LogP contribution < -0.4 is 10.6 Å². The molecule has 3 nitrogen and oxygen atoms in total. The van der Waals surface area contributed by atoms with Gasteiger partial charge in [-0.15, -0.1) is 11.3 Å². The summed E-state index contributed by atoms with van der Waals surface area (Å²) in [6, 6.07) is 0. The summed E-state index contributed by atoms with van der Waals surface area (Å²) in [7, 11) is 0. The monoisotopic (exact) mass is 281 g/mol. The summed E-state index contributed by atoms with van der Waals surface area (Å²) in [6.07, 6.45) is 6.06. The van der Waals surface area contributed by atoms with Gasteiger partial charge in [-0.05, 0) is 31.1 Å². The number of thiazole rings is 1. The molecule has 0 unspecified atom stereocenters. The second kappa shape index (κ2) is 6.23. The van der Waals surface area contributed by atoms with Crippen molar-refractivity contribution in [1.82, 2.24) is 4.98 Å². The molecule has 0 amide bonds. The highest BCUT2D eigenvalue weighted by Crippen LogP contribution is 2.40. The molecule has 4 heteroatoms. The zero-order valence-corrected chi connectivity index (χ0v) is 13.4. The minimum atomic E-state index is 0.513. The summed E-state index contributed by atoms with van der Waals surface area (Å²) in [6.45, 7) is 9.81. The quantitative estimate of drug-likeness (QED) is 0.866. The highest BCUT2D eigenvalue weighted by molar-refractivity contribution is 7.15. The molecule has 0 saturated carbocycles. The standard InChI is InChI=1S/C15H27N3S/c1-4-7-12-13(10-16)19-14(17-12)18-9-8-15(5-2,6-3)11-18/h4-11,16H2,1-3H3. The molecule has 1 aliphatic heterocycles. The van der Waals surface area contributed by atoms with Gasteiger partial charge < -0.3 is 10.6 Å². The summed E-state index contributed by atoms with van der Waals surface area (Å²) in [4.78, 5) is 8.61. The van der Waals surface area contributed by atoms with Crippen LogP contribution >= 0.6 is 11.3 Å². The Morgan fingerprint density at radius 1 is 1.32 bits per heavy atom. The van der Waals surface area contributed by atoms with Crippen LogP contribution in [0.4, 0.5) is 5.13 Å². The summed E-state index contributed by atoms with van der Waals surface area (Å²) in [5.41, 5.74) is 7.60. The van der Waals surface area contributed by atoms with Gasteiger partial charge in [-0.2, -0.15) is 0 Å². The van der Waals surface area contributed by atoms with Crippen molar-refractivity contribution in [3.8, 4) is 0 Å². The van der Waals surface area contributed by atoms with E-state index in [4.69, 9.17) is 10.7 Å². The molecule has 0 bridgehead atoms. The molecular weight excluding hydrogens is 254 g/mol. The van der Waals surface area contributed by atoms with Crippen LogP contribution in [0.15, 0.2) is 0 Å². The summed E-state index contributed by atoms with van der Waals surface area (Å²) >= 11 is 1.81. The molecule has 2 N–H and O–H groups in total. The van der Waals surface area contributed by atoms with E-state index < -0.39 is 0 Å². The number of nitrogens with two attached hydrogens (primary N) is 1. The maximum Gasteiger partial charge on any atom is 0.185 e. The number of hydrogen-bond acceptors (Lipinski definition) is 4. The first kappa shape index (κ1) is 14.8. The molecule has 1 saturated heterocycles. The molecule has 2 heterocycles. The van der Waals surface area contributed by atoms with Crippen molar-refractivity contribution in [2.75, 3.05) is 18.0 Å². The number of nitrogens with zero attached hydrogens (tertiary/aromatic N) is 2. The van der Waals surface area contributed by atoms with Crippen LogP contribution in [0.2, 0.25) is 0 Å². The molecule has 1 aliphatic rings. The fourth-order valence-electron chi connectivity index (χ4n) is 3.02. The Hall–Kier alpha value is -0.610. The van der Waals surface area contributed by atoms with Crippen molar-refractivity contribution < 1.29 is 0 Å². The predicted octanol–water partition coefficient (Wildman–Crippen LogP) is 3.57. The number of hydrogen-bond donors (Lipinski definition) is 1. The van der Waals surface area contributed by atoms with E-state index in [1.165, 1.54) is 41.5 Å². The van der Waals surface area contributed by atoms with Crippen LogP contribution in [0.25, 0.3) is 0 Å². The topological polar surface area (TPSA) is 42.2 Å². The lowest BCUT2D eigenvalue weighted by atomic mass is 9.82. The van der Waals surface area contributed by atoms with Crippen molar-refractivity contribution in [2.45, 2.75) is 59.4 Å². The van der Waals surface area contributed by atoms with Gasteiger partial charge in [-0.3, -0.25) is 0 Å². The van der Waals surface area contributed by atoms with Crippen LogP contribution in [0.5, 0.6) is 0 Å². The average molecular weight is 281 g/mol. The number of aromatic nitrogens is 1. The molecule has 0 radical (unpaired) electrons. The van der Waals surface area contributed by atoms with Crippen LogP contribution in [-0.4, -0.2) is 18.1 Å².